The monoisotopic (exact) mass is 380 g/mol. The summed E-state index contributed by atoms with van der Waals surface area (Å²) in [6, 6.07) is 9.71. The Balaban J connectivity index is 1.40. The number of carbonyl (C=O) groups excluding carboxylic acids is 2. The number of nitrogens with one attached hydrogen (secondary N) is 3. The van der Waals surface area contributed by atoms with E-state index in [0.29, 0.717) is 24.8 Å². The zero-order chi connectivity index (χ0) is 19.5. The van der Waals surface area contributed by atoms with Gasteiger partial charge in [0.1, 0.15) is 18.8 Å². The highest BCUT2D eigenvalue weighted by molar-refractivity contribution is 5.97. The van der Waals surface area contributed by atoms with Crippen LogP contribution in [0.5, 0.6) is 0 Å². The number of halogens is 1. The van der Waals surface area contributed by atoms with Gasteiger partial charge in [-0.05, 0) is 48.2 Å². The van der Waals surface area contributed by atoms with E-state index in [4.69, 9.17) is 0 Å². The molecule has 0 spiro atoms. The van der Waals surface area contributed by atoms with Crippen LogP contribution in [0.15, 0.2) is 48.8 Å². The number of piperazine rings is 1. The first-order valence-electron chi connectivity index (χ1n) is 9.29. The summed E-state index contributed by atoms with van der Waals surface area (Å²) >= 11 is 0. The maximum Gasteiger partial charge on any atom is 0.243 e. The number of aryl methyl sites for hydroxylation is 1. The Morgan fingerprint density at radius 2 is 1.86 bits per heavy atom. The van der Waals surface area contributed by atoms with E-state index >= 15 is 0 Å². The minimum atomic E-state index is -0.612. The molecule has 2 amide bonds. The van der Waals surface area contributed by atoms with Crippen LogP contribution in [0, 0.1) is 0 Å². The Kier molecular flexibility index (Phi) is 5.06. The van der Waals surface area contributed by atoms with Gasteiger partial charge >= 0.3 is 0 Å². The highest BCUT2D eigenvalue weighted by Crippen LogP contribution is 2.22. The molecule has 7 heteroatoms. The summed E-state index contributed by atoms with van der Waals surface area (Å²) in [5.74, 6) is -0.390. The van der Waals surface area contributed by atoms with Crippen molar-refractivity contribution in [1.29, 1.82) is 0 Å². The smallest absolute Gasteiger partial charge is 0.243 e. The highest BCUT2D eigenvalue weighted by atomic mass is 19.1. The van der Waals surface area contributed by atoms with E-state index in [1.165, 1.54) is 0 Å². The topological polar surface area (TPSA) is 86.9 Å². The fourth-order valence-corrected chi connectivity index (χ4v) is 3.57. The van der Waals surface area contributed by atoms with Gasteiger partial charge in [0.05, 0.1) is 0 Å². The molecule has 3 heterocycles. The number of rotatable bonds is 6. The van der Waals surface area contributed by atoms with E-state index < -0.39 is 18.8 Å². The molecule has 1 fully saturated rings. The van der Waals surface area contributed by atoms with Gasteiger partial charge in [0, 0.05) is 35.4 Å². The number of amides is 2. The van der Waals surface area contributed by atoms with Crippen molar-refractivity contribution in [3.8, 4) is 0 Å². The van der Waals surface area contributed by atoms with Crippen molar-refractivity contribution in [2.24, 2.45) is 0 Å². The molecule has 1 saturated heterocycles. The lowest BCUT2D eigenvalue weighted by atomic mass is 9.99. The van der Waals surface area contributed by atoms with E-state index in [-0.39, 0.29) is 11.8 Å². The Hall–Kier alpha value is -3.22. The SMILES string of the molecule is O=C1N[C@H](Cc2ccccn2)C(=O)N[C@@H]1CCc1c[nH]c2ccc(CF)cc12. The van der Waals surface area contributed by atoms with Crippen molar-refractivity contribution < 1.29 is 14.0 Å². The summed E-state index contributed by atoms with van der Waals surface area (Å²) in [6.45, 7) is -0.515. The second-order valence-electron chi connectivity index (χ2n) is 7.01. The van der Waals surface area contributed by atoms with E-state index in [2.05, 4.69) is 20.6 Å². The maximum absolute atomic E-state index is 12.9. The van der Waals surface area contributed by atoms with Gasteiger partial charge in [0.2, 0.25) is 11.8 Å². The Bertz CT molecular complexity index is 1000. The summed E-state index contributed by atoms with van der Waals surface area (Å²) in [7, 11) is 0. The molecule has 3 N–H and O–H groups in total. The minimum absolute atomic E-state index is 0.190. The number of carbonyl (C=O) groups is 2. The van der Waals surface area contributed by atoms with Crippen LogP contribution < -0.4 is 10.6 Å². The van der Waals surface area contributed by atoms with E-state index in [9.17, 15) is 14.0 Å². The lowest BCUT2D eigenvalue weighted by Crippen LogP contribution is -2.62. The van der Waals surface area contributed by atoms with Gasteiger partial charge in [0.25, 0.3) is 0 Å². The normalized spacial score (nSPS) is 19.5. The summed E-state index contributed by atoms with van der Waals surface area (Å²) in [6.07, 6.45) is 4.97. The molecule has 1 aliphatic rings. The third-order valence-corrected chi connectivity index (χ3v) is 5.09. The average Bonchev–Trinajstić information content (AvgIpc) is 3.12. The van der Waals surface area contributed by atoms with Crippen LogP contribution in [0.4, 0.5) is 4.39 Å². The lowest BCUT2D eigenvalue weighted by molar-refractivity contribution is -0.136. The third-order valence-electron chi connectivity index (χ3n) is 5.09. The number of hydrogen-bond acceptors (Lipinski definition) is 3. The molecule has 0 radical (unpaired) electrons. The molecular formula is C21H21FN4O2. The van der Waals surface area contributed by atoms with E-state index in [1.54, 1.807) is 18.3 Å². The summed E-state index contributed by atoms with van der Waals surface area (Å²) in [5, 5.41) is 6.57. The standard InChI is InChI=1S/C21H21FN4O2/c22-11-13-4-6-17-16(9-13)14(12-24-17)5-7-18-20(27)26-19(21(28)25-18)10-15-3-1-2-8-23-15/h1-4,6,8-9,12,18-19,24H,5,7,10-11H2,(H,25,28)(H,26,27)/t18-,19-/m1/s1. The van der Waals surface area contributed by atoms with Gasteiger partial charge in [-0.3, -0.25) is 14.6 Å². The summed E-state index contributed by atoms with van der Waals surface area (Å²) in [5.41, 5.74) is 3.31. The largest absolute Gasteiger partial charge is 0.361 e. The molecule has 144 valence electrons. The molecule has 0 aliphatic carbocycles. The molecule has 0 saturated carbocycles. The predicted octanol–water partition coefficient (Wildman–Crippen LogP) is 2.19. The number of alkyl halides is 1. The zero-order valence-corrected chi connectivity index (χ0v) is 15.2. The molecular weight excluding hydrogens is 359 g/mol. The molecule has 1 aliphatic heterocycles. The van der Waals surface area contributed by atoms with Crippen molar-refractivity contribution in [2.45, 2.75) is 38.0 Å². The number of benzene rings is 1. The predicted molar refractivity (Wildman–Crippen MR) is 103 cm³/mol. The number of aromatic nitrogens is 2. The van der Waals surface area contributed by atoms with Crippen LogP contribution in [0.25, 0.3) is 10.9 Å². The van der Waals surface area contributed by atoms with Gasteiger partial charge < -0.3 is 15.6 Å². The molecule has 28 heavy (non-hydrogen) atoms. The first kappa shape index (κ1) is 18.2. The van der Waals surface area contributed by atoms with Crippen molar-refractivity contribution in [3.63, 3.8) is 0 Å². The molecule has 2 atom stereocenters. The highest BCUT2D eigenvalue weighted by Gasteiger charge is 2.33. The van der Waals surface area contributed by atoms with Crippen LogP contribution in [-0.4, -0.2) is 33.9 Å². The van der Waals surface area contributed by atoms with Gasteiger partial charge in [-0.15, -0.1) is 0 Å². The van der Waals surface area contributed by atoms with Crippen LogP contribution in [0.2, 0.25) is 0 Å². The molecule has 0 bridgehead atoms. The molecule has 2 aromatic heterocycles. The average molecular weight is 380 g/mol. The number of aromatic amines is 1. The second-order valence-corrected chi connectivity index (χ2v) is 7.01. The van der Waals surface area contributed by atoms with Crippen molar-refractivity contribution in [2.75, 3.05) is 0 Å². The van der Waals surface area contributed by atoms with Crippen molar-refractivity contribution >= 4 is 22.7 Å². The number of pyridine rings is 1. The Morgan fingerprint density at radius 1 is 1.04 bits per heavy atom. The number of H-pyrrole nitrogens is 1. The minimum Gasteiger partial charge on any atom is -0.361 e. The van der Waals surface area contributed by atoms with Crippen LogP contribution >= 0.6 is 0 Å². The van der Waals surface area contributed by atoms with Crippen LogP contribution in [0.1, 0.15) is 23.2 Å². The Morgan fingerprint density at radius 3 is 2.64 bits per heavy atom. The quantitative estimate of drug-likeness (QED) is 0.613. The lowest BCUT2D eigenvalue weighted by Gasteiger charge is -2.29. The van der Waals surface area contributed by atoms with Crippen LogP contribution in [0.3, 0.4) is 0 Å². The molecule has 3 aromatic rings. The second kappa shape index (κ2) is 7.80. The van der Waals surface area contributed by atoms with Crippen molar-refractivity contribution in [3.05, 3.63) is 65.6 Å². The number of nitrogens with zero attached hydrogens (tertiary/aromatic N) is 1. The van der Waals surface area contributed by atoms with E-state index in [0.717, 1.165) is 22.2 Å². The van der Waals surface area contributed by atoms with Crippen molar-refractivity contribution in [1.82, 2.24) is 20.6 Å². The summed E-state index contributed by atoms with van der Waals surface area (Å²) < 4.78 is 12.9. The Labute approximate surface area is 161 Å². The van der Waals surface area contributed by atoms with Gasteiger partial charge in [0.15, 0.2) is 0 Å². The first-order chi connectivity index (χ1) is 13.6. The molecule has 1 aromatic carbocycles. The van der Waals surface area contributed by atoms with Gasteiger partial charge in [-0.2, -0.15) is 0 Å². The van der Waals surface area contributed by atoms with Gasteiger partial charge in [-0.25, -0.2) is 4.39 Å². The maximum atomic E-state index is 12.9. The molecule has 0 unspecified atom stereocenters. The van der Waals surface area contributed by atoms with Crippen LogP contribution in [-0.2, 0) is 29.1 Å². The number of hydrogen-bond donors (Lipinski definition) is 3. The third kappa shape index (κ3) is 3.74. The molecule has 4 rings (SSSR count). The first-order valence-corrected chi connectivity index (χ1v) is 9.29. The fourth-order valence-electron chi connectivity index (χ4n) is 3.57. The zero-order valence-electron chi connectivity index (χ0n) is 15.2. The fraction of sp³-hybridized carbons (Fsp3) is 0.286. The van der Waals surface area contributed by atoms with E-state index in [1.807, 2.05) is 30.5 Å². The summed E-state index contributed by atoms with van der Waals surface area (Å²) in [4.78, 5) is 32.2. The number of fused-ring (bicyclic) bond motifs is 1. The van der Waals surface area contributed by atoms with Gasteiger partial charge in [-0.1, -0.05) is 12.1 Å². The molecule has 6 nitrogen and oxygen atoms in total.